The van der Waals surface area contributed by atoms with Crippen LogP contribution in [0.4, 0.5) is 10.2 Å². The highest BCUT2D eigenvalue weighted by molar-refractivity contribution is 5.77. The number of nitrogens with one attached hydrogen (secondary N) is 1. The normalized spacial score (nSPS) is 11.8. The summed E-state index contributed by atoms with van der Waals surface area (Å²) in [7, 11) is 0. The third-order valence-corrected chi connectivity index (χ3v) is 3.95. The van der Waals surface area contributed by atoms with Crippen LogP contribution in [0.5, 0.6) is 0 Å². The zero-order valence-corrected chi connectivity index (χ0v) is 13.3. The third-order valence-electron chi connectivity index (χ3n) is 3.95. The van der Waals surface area contributed by atoms with E-state index in [0.717, 1.165) is 5.56 Å². The van der Waals surface area contributed by atoms with Crippen molar-refractivity contribution >= 4 is 17.4 Å². The standard InChI is InChI=1S/C18H16FN5O/c19-14-6-4-12(5-7-14)9-13(17(21)25)11-22-18-15(10-20)24-8-2-1-3-16(24)23-18/h1-8,13,22H,9,11H2,(H2,21,25)/t13-/m1/s1. The van der Waals surface area contributed by atoms with Crippen LogP contribution in [-0.4, -0.2) is 21.8 Å². The van der Waals surface area contributed by atoms with Crippen molar-refractivity contribution in [1.82, 2.24) is 9.38 Å². The number of hydrogen-bond donors (Lipinski definition) is 2. The molecule has 25 heavy (non-hydrogen) atoms. The Labute approximate surface area is 143 Å². The molecular formula is C18H16FN5O. The summed E-state index contributed by atoms with van der Waals surface area (Å²) in [5, 5.41) is 12.4. The van der Waals surface area contributed by atoms with Gasteiger partial charge in [-0.05, 0) is 36.2 Å². The van der Waals surface area contributed by atoms with Crippen LogP contribution in [0.25, 0.3) is 5.65 Å². The number of anilines is 1. The number of carbonyl (C=O) groups excluding carboxylic acids is 1. The summed E-state index contributed by atoms with van der Waals surface area (Å²) < 4.78 is 14.7. The van der Waals surface area contributed by atoms with Gasteiger partial charge in [-0.2, -0.15) is 5.26 Å². The van der Waals surface area contributed by atoms with Gasteiger partial charge in [-0.3, -0.25) is 9.20 Å². The number of imidazole rings is 1. The second kappa shape index (κ2) is 7.01. The van der Waals surface area contributed by atoms with Crippen LogP contribution in [0.3, 0.4) is 0 Å². The fourth-order valence-electron chi connectivity index (χ4n) is 2.62. The molecule has 2 heterocycles. The highest BCUT2D eigenvalue weighted by Gasteiger charge is 2.18. The molecule has 0 bridgehead atoms. The largest absolute Gasteiger partial charge is 0.369 e. The zero-order chi connectivity index (χ0) is 17.8. The molecule has 2 aromatic heterocycles. The maximum Gasteiger partial charge on any atom is 0.222 e. The highest BCUT2D eigenvalue weighted by atomic mass is 19.1. The molecule has 1 aromatic carbocycles. The van der Waals surface area contributed by atoms with Gasteiger partial charge < -0.3 is 11.1 Å². The molecule has 3 N–H and O–H groups in total. The number of benzene rings is 1. The van der Waals surface area contributed by atoms with E-state index < -0.39 is 11.8 Å². The van der Waals surface area contributed by atoms with E-state index in [1.807, 2.05) is 6.07 Å². The van der Waals surface area contributed by atoms with Crippen molar-refractivity contribution < 1.29 is 9.18 Å². The average molecular weight is 337 g/mol. The molecule has 0 aliphatic rings. The Balaban J connectivity index is 1.77. The lowest BCUT2D eigenvalue weighted by atomic mass is 9.98. The molecule has 0 spiro atoms. The van der Waals surface area contributed by atoms with Crippen molar-refractivity contribution in [2.24, 2.45) is 11.7 Å². The number of hydrogen-bond acceptors (Lipinski definition) is 4. The fourth-order valence-corrected chi connectivity index (χ4v) is 2.62. The maximum atomic E-state index is 13.0. The number of amides is 1. The molecule has 7 heteroatoms. The van der Waals surface area contributed by atoms with Crippen molar-refractivity contribution in [3.8, 4) is 6.07 Å². The number of nitrogens with two attached hydrogens (primary N) is 1. The molecule has 1 atom stereocenters. The van der Waals surface area contributed by atoms with E-state index in [9.17, 15) is 14.4 Å². The topological polar surface area (TPSA) is 96.2 Å². The molecule has 6 nitrogen and oxygen atoms in total. The van der Waals surface area contributed by atoms with Crippen LogP contribution in [0.1, 0.15) is 11.3 Å². The van der Waals surface area contributed by atoms with Crippen molar-refractivity contribution in [3.63, 3.8) is 0 Å². The number of primary amides is 1. The lowest BCUT2D eigenvalue weighted by Crippen LogP contribution is -2.31. The summed E-state index contributed by atoms with van der Waals surface area (Å²) in [6, 6.07) is 13.5. The summed E-state index contributed by atoms with van der Waals surface area (Å²) in [5.41, 5.74) is 7.29. The second-order valence-corrected chi connectivity index (χ2v) is 5.66. The van der Waals surface area contributed by atoms with Crippen LogP contribution in [-0.2, 0) is 11.2 Å². The van der Waals surface area contributed by atoms with Gasteiger partial charge in [0.25, 0.3) is 0 Å². The van der Waals surface area contributed by atoms with Crippen molar-refractivity contribution in [1.29, 1.82) is 5.26 Å². The summed E-state index contributed by atoms with van der Waals surface area (Å²) in [4.78, 5) is 16.1. The number of carbonyl (C=O) groups is 1. The zero-order valence-electron chi connectivity index (χ0n) is 13.3. The van der Waals surface area contributed by atoms with Gasteiger partial charge in [0, 0.05) is 12.7 Å². The van der Waals surface area contributed by atoms with Gasteiger partial charge in [-0.15, -0.1) is 0 Å². The first-order valence-electron chi connectivity index (χ1n) is 7.73. The van der Waals surface area contributed by atoms with E-state index in [0.29, 0.717) is 23.6 Å². The van der Waals surface area contributed by atoms with Crippen LogP contribution in [0.2, 0.25) is 0 Å². The molecule has 0 fully saturated rings. The number of fused-ring (bicyclic) bond motifs is 1. The lowest BCUT2D eigenvalue weighted by molar-refractivity contribution is -0.121. The van der Waals surface area contributed by atoms with Gasteiger partial charge in [0.1, 0.15) is 17.5 Å². The number of nitriles is 1. The number of aromatic nitrogens is 2. The highest BCUT2D eigenvalue weighted by Crippen LogP contribution is 2.18. The number of nitrogens with zero attached hydrogens (tertiary/aromatic N) is 3. The Kier molecular flexibility index (Phi) is 4.61. The van der Waals surface area contributed by atoms with Crippen LogP contribution < -0.4 is 11.1 Å². The first kappa shape index (κ1) is 16.5. The van der Waals surface area contributed by atoms with Gasteiger partial charge in [0.2, 0.25) is 5.91 Å². The Hall–Kier alpha value is -3.40. The smallest absolute Gasteiger partial charge is 0.222 e. The molecule has 0 unspecified atom stereocenters. The SMILES string of the molecule is N#Cc1c(NC[C@@H](Cc2ccc(F)cc2)C(N)=O)nc2ccccn12. The predicted octanol–water partition coefficient (Wildman–Crippen LogP) is 2.10. The second-order valence-electron chi connectivity index (χ2n) is 5.66. The molecule has 0 saturated heterocycles. The Morgan fingerprint density at radius 1 is 1.32 bits per heavy atom. The molecular weight excluding hydrogens is 321 g/mol. The molecule has 3 rings (SSSR count). The van der Waals surface area contributed by atoms with E-state index in [1.54, 1.807) is 34.9 Å². The minimum Gasteiger partial charge on any atom is -0.369 e. The molecule has 3 aromatic rings. The average Bonchev–Trinajstić information content (AvgIpc) is 2.97. The van der Waals surface area contributed by atoms with E-state index >= 15 is 0 Å². The maximum absolute atomic E-state index is 13.0. The molecule has 126 valence electrons. The number of pyridine rings is 1. The van der Waals surface area contributed by atoms with E-state index in [2.05, 4.69) is 16.4 Å². The minimum absolute atomic E-state index is 0.227. The van der Waals surface area contributed by atoms with E-state index in [-0.39, 0.29) is 12.4 Å². The fraction of sp³-hybridized carbons (Fsp3) is 0.167. The van der Waals surface area contributed by atoms with Crippen molar-refractivity contribution in [3.05, 3.63) is 65.7 Å². The van der Waals surface area contributed by atoms with E-state index in [4.69, 9.17) is 5.73 Å². The van der Waals surface area contributed by atoms with E-state index in [1.165, 1.54) is 12.1 Å². The molecule has 0 radical (unpaired) electrons. The van der Waals surface area contributed by atoms with Crippen molar-refractivity contribution in [2.75, 3.05) is 11.9 Å². The third kappa shape index (κ3) is 3.58. The summed E-state index contributed by atoms with van der Waals surface area (Å²) in [6.07, 6.45) is 2.12. The molecule has 0 aliphatic heterocycles. The number of rotatable bonds is 6. The van der Waals surface area contributed by atoms with Gasteiger partial charge >= 0.3 is 0 Å². The van der Waals surface area contributed by atoms with Gasteiger partial charge in [0.15, 0.2) is 11.5 Å². The molecule has 1 amide bonds. The van der Waals surface area contributed by atoms with Crippen LogP contribution in [0, 0.1) is 23.1 Å². The summed E-state index contributed by atoms with van der Waals surface area (Å²) in [5.74, 6) is -0.916. The Morgan fingerprint density at radius 3 is 2.76 bits per heavy atom. The summed E-state index contributed by atoms with van der Waals surface area (Å²) >= 11 is 0. The van der Waals surface area contributed by atoms with Gasteiger partial charge in [-0.1, -0.05) is 18.2 Å². The lowest BCUT2D eigenvalue weighted by Gasteiger charge is -2.14. The predicted molar refractivity (Wildman–Crippen MR) is 91.2 cm³/mol. The first-order valence-corrected chi connectivity index (χ1v) is 7.73. The van der Waals surface area contributed by atoms with Gasteiger partial charge in [-0.25, -0.2) is 9.37 Å². The molecule has 0 saturated carbocycles. The Morgan fingerprint density at radius 2 is 2.08 bits per heavy atom. The van der Waals surface area contributed by atoms with Gasteiger partial charge in [0.05, 0.1) is 5.92 Å². The van der Waals surface area contributed by atoms with Crippen LogP contribution >= 0.6 is 0 Å². The summed E-state index contributed by atoms with van der Waals surface area (Å²) in [6.45, 7) is 0.227. The quantitative estimate of drug-likeness (QED) is 0.720. The molecule has 0 aliphatic carbocycles. The Bertz CT molecular complexity index is 942. The minimum atomic E-state index is -0.512. The van der Waals surface area contributed by atoms with Crippen molar-refractivity contribution in [2.45, 2.75) is 6.42 Å². The monoisotopic (exact) mass is 337 g/mol. The first-order chi connectivity index (χ1) is 12.1. The number of halogens is 1. The van der Waals surface area contributed by atoms with Crippen LogP contribution in [0.15, 0.2) is 48.7 Å².